The van der Waals surface area contributed by atoms with Crippen LogP contribution in [0.25, 0.3) is 0 Å². The van der Waals surface area contributed by atoms with E-state index in [1.165, 1.54) is 11.2 Å². The summed E-state index contributed by atoms with van der Waals surface area (Å²) in [7, 11) is -3.83. The molecule has 2 aliphatic heterocycles. The van der Waals surface area contributed by atoms with Crippen molar-refractivity contribution in [1.29, 1.82) is 0 Å². The highest BCUT2D eigenvalue weighted by Crippen LogP contribution is 2.43. The number of rotatable bonds is 6. The molecule has 0 aliphatic carbocycles. The van der Waals surface area contributed by atoms with Crippen LogP contribution in [0.3, 0.4) is 0 Å². The van der Waals surface area contributed by atoms with Crippen LogP contribution in [0.4, 0.5) is 11.4 Å². The molecule has 1 atom stereocenters. The number of hydrogen-bond donors (Lipinski definition) is 2. The number of nitrogens with zero attached hydrogens (tertiary/aromatic N) is 2. The Morgan fingerprint density at radius 1 is 1.00 bits per heavy atom. The van der Waals surface area contributed by atoms with Gasteiger partial charge in [-0.1, -0.05) is 47.5 Å². The summed E-state index contributed by atoms with van der Waals surface area (Å²) in [4.78, 5) is 27.1. The van der Waals surface area contributed by atoms with Crippen LogP contribution in [-0.4, -0.2) is 55.6 Å². The molecule has 1 saturated heterocycles. The van der Waals surface area contributed by atoms with Gasteiger partial charge in [-0.15, -0.1) is 0 Å². The third-order valence-electron chi connectivity index (χ3n) is 7.31. The fourth-order valence-electron chi connectivity index (χ4n) is 5.16. The smallest absolute Gasteiger partial charge is 0.255 e. The zero-order valence-electron chi connectivity index (χ0n) is 21.5. The van der Waals surface area contributed by atoms with Crippen LogP contribution in [0.2, 0.25) is 10.0 Å². The number of sulfonamides is 1. The third-order valence-corrected chi connectivity index (χ3v) is 9.68. The highest BCUT2D eigenvalue weighted by molar-refractivity contribution is 7.89. The van der Waals surface area contributed by atoms with Crippen molar-refractivity contribution < 1.29 is 18.0 Å². The van der Waals surface area contributed by atoms with Gasteiger partial charge in [0, 0.05) is 66.5 Å². The van der Waals surface area contributed by atoms with Gasteiger partial charge in [0.05, 0.1) is 4.90 Å². The average Bonchev–Trinajstić information content (AvgIpc) is 3.14. The number of aryl methyl sites for hydroxylation is 1. The van der Waals surface area contributed by atoms with Gasteiger partial charge in [0.1, 0.15) is 5.54 Å². The second-order valence-corrected chi connectivity index (χ2v) is 12.7. The van der Waals surface area contributed by atoms with Crippen molar-refractivity contribution in [1.82, 2.24) is 9.21 Å². The van der Waals surface area contributed by atoms with E-state index in [9.17, 15) is 18.0 Å². The van der Waals surface area contributed by atoms with E-state index in [1.54, 1.807) is 53.4 Å². The van der Waals surface area contributed by atoms with E-state index in [0.29, 0.717) is 40.1 Å². The molecule has 3 aromatic carbocycles. The van der Waals surface area contributed by atoms with E-state index >= 15 is 0 Å². The van der Waals surface area contributed by atoms with Gasteiger partial charge in [-0.05, 0) is 54.4 Å². The molecule has 0 spiro atoms. The predicted molar refractivity (Wildman–Crippen MR) is 153 cm³/mol. The molecular weight excluding hydrogens is 559 g/mol. The van der Waals surface area contributed by atoms with Crippen molar-refractivity contribution in [3.63, 3.8) is 0 Å². The van der Waals surface area contributed by atoms with E-state index in [2.05, 4.69) is 10.6 Å². The standard InChI is InChI=1S/C28H28Cl2N4O4S/c1-18-6-8-23(39(37,38)34-12-10-33(11-13-34)19(2)35)16-25(18)32-28(17-20-4-3-5-21(29)14-20)24-9-7-22(30)15-26(24)31-27(28)36/h3-9,14-16,32H,10-13,17H2,1-2H3,(H,31,36). The number of carbonyl (C=O) groups is 2. The lowest BCUT2D eigenvalue weighted by Crippen LogP contribution is -2.50. The fraction of sp³-hybridized carbons (Fsp3) is 0.286. The molecule has 0 saturated carbocycles. The Bertz CT molecular complexity index is 1570. The lowest BCUT2D eigenvalue weighted by atomic mass is 9.84. The molecule has 1 fully saturated rings. The number of amides is 2. The fourth-order valence-corrected chi connectivity index (χ4v) is 6.99. The van der Waals surface area contributed by atoms with Crippen molar-refractivity contribution in [3.8, 4) is 0 Å². The largest absolute Gasteiger partial charge is 0.367 e. The summed E-state index contributed by atoms with van der Waals surface area (Å²) in [6.07, 6.45) is 0.261. The van der Waals surface area contributed by atoms with Crippen molar-refractivity contribution in [3.05, 3.63) is 87.4 Å². The number of halogens is 2. The molecule has 3 aromatic rings. The molecule has 0 bridgehead atoms. The molecule has 2 amide bonds. The summed E-state index contributed by atoms with van der Waals surface area (Å²) in [5.41, 5.74) is 2.16. The molecule has 8 nitrogen and oxygen atoms in total. The summed E-state index contributed by atoms with van der Waals surface area (Å²) in [6, 6.07) is 17.4. The summed E-state index contributed by atoms with van der Waals surface area (Å²) in [5.74, 6) is -0.358. The maximum atomic E-state index is 13.7. The molecule has 2 N–H and O–H groups in total. The Labute approximate surface area is 237 Å². The SMILES string of the molecule is CC(=O)N1CCN(S(=O)(=O)c2ccc(C)c(NC3(Cc4cccc(Cl)c4)C(=O)Nc4cc(Cl)ccc43)c2)CC1. The van der Waals surface area contributed by atoms with Crippen LogP contribution in [0.5, 0.6) is 0 Å². The molecule has 0 radical (unpaired) electrons. The van der Waals surface area contributed by atoms with E-state index < -0.39 is 15.6 Å². The molecule has 2 heterocycles. The van der Waals surface area contributed by atoms with Gasteiger partial charge in [-0.3, -0.25) is 9.59 Å². The van der Waals surface area contributed by atoms with Gasteiger partial charge >= 0.3 is 0 Å². The van der Waals surface area contributed by atoms with E-state index in [-0.39, 0.29) is 36.2 Å². The predicted octanol–water partition coefficient (Wildman–Crippen LogP) is 4.66. The highest BCUT2D eigenvalue weighted by Gasteiger charge is 2.47. The Morgan fingerprint density at radius 3 is 2.41 bits per heavy atom. The number of hydrogen-bond acceptors (Lipinski definition) is 5. The number of carbonyl (C=O) groups excluding carboxylic acids is 2. The Kier molecular flexibility index (Phi) is 7.37. The first kappa shape index (κ1) is 27.5. The Balaban J connectivity index is 1.53. The van der Waals surface area contributed by atoms with Gasteiger partial charge in [0.25, 0.3) is 5.91 Å². The van der Waals surface area contributed by atoms with Crippen LogP contribution in [0.1, 0.15) is 23.6 Å². The second-order valence-electron chi connectivity index (χ2n) is 9.87. The maximum absolute atomic E-state index is 13.7. The van der Waals surface area contributed by atoms with Crippen LogP contribution >= 0.6 is 23.2 Å². The van der Waals surface area contributed by atoms with E-state index in [1.807, 2.05) is 19.1 Å². The molecule has 0 aromatic heterocycles. The minimum absolute atomic E-state index is 0.0738. The number of piperazine rings is 1. The van der Waals surface area contributed by atoms with Gasteiger partial charge in [0.15, 0.2) is 0 Å². The van der Waals surface area contributed by atoms with Crippen LogP contribution in [-0.2, 0) is 31.6 Å². The van der Waals surface area contributed by atoms with Crippen molar-refractivity contribution in [2.75, 3.05) is 36.8 Å². The monoisotopic (exact) mass is 586 g/mol. The highest BCUT2D eigenvalue weighted by atomic mass is 35.5. The minimum Gasteiger partial charge on any atom is -0.367 e. The Hall–Kier alpha value is -3.11. The summed E-state index contributed by atoms with van der Waals surface area (Å²) >= 11 is 12.5. The number of nitrogens with one attached hydrogen (secondary N) is 2. The quantitative estimate of drug-likeness (QED) is 0.438. The normalized spacial score (nSPS) is 19.5. The first-order valence-corrected chi connectivity index (χ1v) is 14.7. The zero-order chi connectivity index (χ0) is 27.9. The van der Waals surface area contributed by atoms with Crippen LogP contribution < -0.4 is 10.6 Å². The molecule has 39 heavy (non-hydrogen) atoms. The first-order valence-electron chi connectivity index (χ1n) is 12.5. The molecule has 204 valence electrons. The Morgan fingerprint density at radius 2 is 1.72 bits per heavy atom. The van der Waals surface area contributed by atoms with Gasteiger partial charge in [-0.2, -0.15) is 4.31 Å². The maximum Gasteiger partial charge on any atom is 0.255 e. The molecule has 11 heteroatoms. The average molecular weight is 588 g/mol. The van der Waals surface area contributed by atoms with Crippen LogP contribution in [0, 0.1) is 6.92 Å². The lowest BCUT2D eigenvalue weighted by molar-refractivity contribution is -0.130. The number of benzene rings is 3. The number of fused-ring (bicyclic) bond motifs is 1. The van der Waals surface area contributed by atoms with E-state index in [0.717, 1.165) is 11.1 Å². The summed E-state index contributed by atoms with van der Waals surface area (Å²) in [5, 5.41) is 7.39. The molecule has 5 rings (SSSR count). The van der Waals surface area contributed by atoms with Gasteiger partial charge in [0.2, 0.25) is 15.9 Å². The molecular formula is C28H28Cl2N4O4S. The zero-order valence-corrected chi connectivity index (χ0v) is 23.8. The molecule has 2 aliphatic rings. The first-order chi connectivity index (χ1) is 18.5. The van der Waals surface area contributed by atoms with Crippen molar-refractivity contribution in [2.24, 2.45) is 0 Å². The summed E-state index contributed by atoms with van der Waals surface area (Å²) < 4.78 is 28.5. The lowest BCUT2D eigenvalue weighted by Gasteiger charge is -2.34. The van der Waals surface area contributed by atoms with Crippen LogP contribution in [0.15, 0.2) is 65.6 Å². The summed E-state index contributed by atoms with van der Waals surface area (Å²) in [6.45, 7) is 4.45. The van der Waals surface area contributed by atoms with Gasteiger partial charge < -0.3 is 15.5 Å². The number of anilines is 2. The minimum atomic E-state index is -3.83. The second kappa shape index (κ2) is 10.5. The van der Waals surface area contributed by atoms with Gasteiger partial charge in [-0.25, -0.2) is 8.42 Å². The van der Waals surface area contributed by atoms with Crippen molar-refractivity contribution in [2.45, 2.75) is 30.7 Å². The van der Waals surface area contributed by atoms with Crippen molar-refractivity contribution >= 4 is 56.4 Å². The third kappa shape index (κ3) is 5.24. The van der Waals surface area contributed by atoms with E-state index in [4.69, 9.17) is 23.2 Å². The molecule has 1 unspecified atom stereocenters. The topological polar surface area (TPSA) is 98.8 Å².